The van der Waals surface area contributed by atoms with Crippen LogP contribution in [0.25, 0.3) is 0 Å². The maximum absolute atomic E-state index is 13.4. The van der Waals surface area contributed by atoms with Crippen molar-refractivity contribution in [2.75, 3.05) is 0 Å². The minimum Gasteiger partial charge on any atom is -0.459 e. The van der Waals surface area contributed by atoms with E-state index < -0.39 is 76.7 Å². The summed E-state index contributed by atoms with van der Waals surface area (Å²) in [5.74, 6) is -5.00. The Kier molecular flexibility index (Phi) is 7.40. The molecule has 10 heteroatoms. The Morgan fingerprint density at radius 2 is 1.41 bits per heavy atom. The van der Waals surface area contributed by atoms with Crippen LogP contribution in [-0.4, -0.2) is 64.8 Å². The predicted molar refractivity (Wildman–Crippen MR) is 135 cm³/mol. The molecule has 0 N–H and O–H groups in total. The van der Waals surface area contributed by atoms with Gasteiger partial charge in [-0.25, -0.2) is 4.79 Å². The fourth-order valence-electron chi connectivity index (χ4n) is 7.17. The van der Waals surface area contributed by atoms with Crippen molar-refractivity contribution in [1.29, 1.82) is 0 Å². The number of fused-ring (bicyclic) bond motifs is 1. The summed E-state index contributed by atoms with van der Waals surface area (Å²) < 4.78 is 30.8. The van der Waals surface area contributed by atoms with Crippen molar-refractivity contribution >= 4 is 29.7 Å². The molecule has 3 fully saturated rings. The second-order valence-corrected chi connectivity index (χ2v) is 11.4. The third-order valence-electron chi connectivity index (χ3n) is 8.48. The molecule has 0 amide bonds. The molecule has 1 heterocycles. The first-order valence-electron chi connectivity index (χ1n) is 13.2. The molecule has 4 rings (SSSR count). The Bertz CT molecular complexity index is 1180. The Morgan fingerprint density at radius 1 is 0.821 bits per heavy atom. The van der Waals surface area contributed by atoms with Crippen LogP contribution in [0.2, 0.25) is 0 Å². The smallest absolute Gasteiger partial charge is 0.338 e. The second kappa shape index (κ2) is 10.0. The number of Topliss-reactive ketones (excluding diaryl/α,β-unsaturated/α-hetero) is 1. The van der Waals surface area contributed by atoms with Gasteiger partial charge in [0, 0.05) is 26.7 Å². The summed E-state index contributed by atoms with van der Waals surface area (Å²) in [6.45, 7) is 10.5. The molecule has 212 valence electrons. The number of esters is 4. The van der Waals surface area contributed by atoms with Crippen LogP contribution < -0.4 is 0 Å². The lowest BCUT2D eigenvalue weighted by Gasteiger charge is -2.62. The van der Waals surface area contributed by atoms with Gasteiger partial charge in [-0.15, -0.1) is 0 Å². The highest BCUT2D eigenvalue weighted by Crippen LogP contribution is 2.66. The molecule has 1 spiro atoms. The first kappa shape index (κ1) is 28.7. The topological polar surface area (TPSA) is 132 Å². The highest BCUT2D eigenvalue weighted by Gasteiger charge is 2.84. The van der Waals surface area contributed by atoms with Crippen LogP contribution >= 0.6 is 0 Å². The molecule has 0 radical (unpaired) electrons. The van der Waals surface area contributed by atoms with E-state index in [-0.39, 0.29) is 24.2 Å². The van der Waals surface area contributed by atoms with Gasteiger partial charge >= 0.3 is 23.9 Å². The van der Waals surface area contributed by atoms with Crippen LogP contribution in [0.3, 0.4) is 0 Å². The first-order chi connectivity index (χ1) is 18.2. The largest absolute Gasteiger partial charge is 0.459 e. The average Bonchev–Trinajstić information content (AvgIpc) is 2.99. The first-order valence-corrected chi connectivity index (χ1v) is 13.2. The molecular weight excluding hydrogens is 508 g/mol. The van der Waals surface area contributed by atoms with E-state index in [4.69, 9.17) is 23.7 Å². The van der Waals surface area contributed by atoms with Crippen LogP contribution in [0.1, 0.15) is 71.7 Å². The van der Waals surface area contributed by atoms with Crippen molar-refractivity contribution in [3.8, 4) is 0 Å². The molecule has 1 unspecified atom stereocenters. The van der Waals surface area contributed by atoms with Crippen molar-refractivity contribution in [2.24, 2.45) is 17.8 Å². The zero-order valence-electron chi connectivity index (χ0n) is 23.3. The molecule has 10 nitrogen and oxygen atoms in total. The van der Waals surface area contributed by atoms with E-state index in [1.807, 2.05) is 20.8 Å². The SMILES string of the molecule is CC(=O)O[C@@H]1[C@H]2C[C@H](OC(=O)c3ccccc3)[C@]3(OC(C)=O)[C@@H](OC(C)=O)[C@@H](C(C)=O)CC(C)[C@@]13OC2(C)C. The van der Waals surface area contributed by atoms with Crippen molar-refractivity contribution < 1.29 is 47.7 Å². The van der Waals surface area contributed by atoms with Crippen molar-refractivity contribution in [1.82, 2.24) is 0 Å². The van der Waals surface area contributed by atoms with Crippen LogP contribution in [0.5, 0.6) is 0 Å². The van der Waals surface area contributed by atoms with Crippen molar-refractivity contribution in [2.45, 2.75) is 96.4 Å². The summed E-state index contributed by atoms with van der Waals surface area (Å²) in [6.07, 6.45) is -3.29. The number of hydrogen-bond donors (Lipinski definition) is 0. The van der Waals surface area contributed by atoms with Crippen LogP contribution in [0.15, 0.2) is 30.3 Å². The van der Waals surface area contributed by atoms with Gasteiger partial charge in [0.2, 0.25) is 5.60 Å². The molecule has 2 saturated carbocycles. The van der Waals surface area contributed by atoms with Crippen molar-refractivity contribution in [3.05, 3.63) is 35.9 Å². The van der Waals surface area contributed by atoms with Gasteiger partial charge in [-0.05, 0) is 51.7 Å². The van der Waals surface area contributed by atoms with E-state index in [0.29, 0.717) is 0 Å². The molecule has 1 aliphatic heterocycles. The third kappa shape index (κ3) is 4.52. The van der Waals surface area contributed by atoms with E-state index in [0.717, 1.165) is 0 Å². The molecule has 2 bridgehead atoms. The van der Waals surface area contributed by atoms with Gasteiger partial charge in [0.25, 0.3) is 0 Å². The minimum absolute atomic E-state index is 0.0493. The van der Waals surface area contributed by atoms with E-state index in [2.05, 4.69) is 0 Å². The maximum Gasteiger partial charge on any atom is 0.338 e. The zero-order valence-corrected chi connectivity index (χ0v) is 23.3. The number of hydrogen-bond acceptors (Lipinski definition) is 10. The summed E-state index contributed by atoms with van der Waals surface area (Å²) in [4.78, 5) is 64.2. The number of rotatable bonds is 6. The Morgan fingerprint density at radius 3 is 1.95 bits per heavy atom. The fraction of sp³-hybridized carbons (Fsp3) is 0.621. The lowest BCUT2D eigenvalue weighted by molar-refractivity contribution is -0.330. The standard InChI is InChI=1S/C29H36O10/c1-15-13-21(16(2)30)24(35-17(3)31)29(38-19(5)33)23(37-26(34)20-11-9-8-10-12-20)14-22-25(36-18(4)32)28(15,29)39-27(22,6)7/h8-12,15,21-25H,13-14H2,1-7H3/t15?,21-,22-,23+,24+,25-,28-,29+/m1/s1. The number of carbonyl (C=O) groups excluding carboxylic acids is 5. The Balaban J connectivity index is 2.02. The highest BCUT2D eigenvalue weighted by atomic mass is 16.7. The van der Waals surface area contributed by atoms with E-state index in [1.165, 1.54) is 27.7 Å². The summed E-state index contributed by atoms with van der Waals surface area (Å²) in [6, 6.07) is 8.29. The molecule has 1 aromatic rings. The van der Waals surface area contributed by atoms with Gasteiger partial charge in [0.1, 0.15) is 18.0 Å². The molecule has 2 aliphatic carbocycles. The van der Waals surface area contributed by atoms with Gasteiger partial charge in [-0.2, -0.15) is 0 Å². The summed E-state index contributed by atoms with van der Waals surface area (Å²) in [7, 11) is 0. The van der Waals surface area contributed by atoms with Gasteiger partial charge in [-0.1, -0.05) is 25.1 Å². The average molecular weight is 545 g/mol. The van der Waals surface area contributed by atoms with E-state index in [9.17, 15) is 24.0 Å². The van der Waals surface area contributed by atoms with Crippen molar-refractivity contribution in [3.63, 3.8) is 0 Å². The minimum atomic E-state index is -2.01. The highest BCUT2D eigenvalue weighted by molar-refractivity contribution is 5.89. The number of ketones is 1. The summed E-state index contributed by atoms with van der Waals surface area (Å²) in [5.41, 5.74) is -4.29. The van der Waals surface area contributed by atoms with Crippen LogP contribution in [-0.2, 0) is 42.9 Å². The van der Waals surface area contributed by atoms with Crippen LogP contribution in [0.4, 0.5) is 0 Å². The second-order valence-electron chi connectivity index (χ2n) is 11.4. The Labute approximate surface area is 227 Å². The summed E-state index contributed by atoms with van der Waals surface area (Å²) in [5, 5.41) is 0. The molecule has 3 aliphatic rings. The molecular formula is C29H36O10. The normalized spacial score (nSPS) is 36.2. The van der Waals surface area contributed by atoms with E-state index >= 15 is 0 Å². The molecule has 0 aromatic heterocycles. The zero-order chi connectivity index (χ0) is 28.9. The lowest BCUT2D eigenvalue weighted by atomic mass is 9.51. The monoisotopic (exact) mass is 544 g/mol. The molecule has 1 saturated heterocycles. The van der Waals surface area contributed by atoms with Gasteiger partial charge in [-0.3, -0.25) is 19.2 Å². The maximum atomic E-state index is 13.4. The molecule has 39 heavy (non-hydrogen) atoms. The fourth-order valence-corrected chi connectivity index (χ4v) is 7.17. The van der Waals surface area contributed by atoms with Crippen LogP contribution in [0, 0.1) is 17.8 Å². The number of ether oxygens (including phenoxy) is 5. The number of benzene rings is 1. The lowest BCUT2D eigenvalue weighted by Crippen LogP contribution is -2.82. The molecule has 8 atom stereocenters. The Hall–Kier alpha value is -3.27. The van der Waals surface area contributed by atoms with E-state index in [1.54, 1.807) is 30.3 Å². The quantitative estimate of drug-likeness (QED) is 0.389. The number of carbonyl (C=O) groups is 5. The van der Waals surface area contributed by atoms with Gasteiger partial charge in [0.05, 0.1) is 17.1 Å². The third-order valence-corrected chi connectivity index (χ3v) is 8.48. The predicted octanol–water partition coefficient (Wildman–Crippen LogP) is 3.19. The summed E-state index contributed by atoms with van der Waals surface area (Å²) >= 11 is 0. The van der Waals surface area contributed by atoms with Gasteiger partial charge < -0.3 is 23.7 Å². The molecule has 1 aromatic carbocycles. The van der Waals surface area contributed by atoms with Gasteiger partial charge in [0.15, 0.2) is 11.7 Å².